The fraction of sp³-hybridized carbons (Fsp3) is 0.368. The van der Waals surface area contributed by atoms with Crippen molar-refractivity contribution in [3.05, 3.63) is 48.0 Å². The van der Waals surface area contributed by atoms with Gasteiger partial charge in [0, 0.05) is 31.6 Å². The van der Waals surface area contributed by atoms with Crippen LogP contribution in [0.25, 0.3) is 10.6 Å². The second-order valence-electron chi connectivity index (χ2n) is 5.63. The summed E-state index contributed by atoms with van der Waals surface area (Å²) >= 11 is 1.64. The maximum atomic E-state index is 5.19. The molecular weight excluding hydrogens is 332 g/mol. The van der Waals surface area contributed by atoms with Gasteiger partial charge in [-0.05, 0) is 37.1 Å². The Morgan fingerprint density at radius 3 is 2.80 bits per heavy atom. The number of aliphatic imine (C=N–C) groups is 1. The van der Waals surface area contributed by atoms with Crippen molar-refractivity contribution in [1.82, 2.24) is 15.2 Å². The lowest BCUT2D eigenvalue weighted by Crippen LogP contribution is -2.39. The lowest BCUT2D eigenvalue weighted by molar-refractivity contribution is 0.415. The highest BCUT2D eigenvalue weighted by Crippen LogP contribution is 2.25. The van der Waals surface area contributed by atoms with Gasteiger partial charge in [0.25, 0.3) is 0 Å². The van der Waals surface area contributed by atoms with Crippen LogP contribution in [0.1, 0.15) is 18.5 Å². The van der Waals surface area contributed by atoms with E-state index in [-0.39, 0.29) is 0 Å². The fourth-order valence-corrected chi connectivity index (χ4v) is 3.21. The number of unbranched alkanes of at least 4 members (excludes halogenated alkanes) is 1. The third-order valence-corrected chi connectivity index (χ3v) is 4.73. The number of aromatic nitrogens is 1. The molecule has 0 fully saturated rings. The van der Waals surface area contributed by atoms with Gasteiger partial charge in [0.05, 0.1) is 19.3 Å². The minimum absolute atomic E-state index is 0.658. The van der Waals surface area contributed by atoms with E-state index in [1.165, 1.54) is 0 Å². The number of nitrogens with one attached hydrogen (secondary N) is 1. The number of thiazole rings is 1. The molecule has 1 heterocycles. The fourth-order valence-electron chi connectivity index (χ4n) is 2.39. The Morgan fingerprint density at radius 2 is 2.16 bits per heavy atom. The molecule has 134 valence electrons. The minimum Gasteiger partial charge on any atom is -0.497 e. The molecule has 2 rings (SSSR count). The summed E-state index contributed by atoms with van der Waals surface area (Å²) in [5, 5.41) is 6.46. The van der Waals surface area contributed by atoms with Crippen molar-refractivity contribution in [3.63, 3.8) is 0 Å². The summed E-state index contributed by atoms with van der Waals surface area (Å²) in [6, 6.07) is 7.96. The second kappa shape index (κ2) is 9.84. The zero-order valence-corrected chi connectivity index (χ0v) is 16.0. The molecule has 0 spiro atoms. The van der Waals surface area contributed by atoms with Gasteiger partial charge in [0.2, 0.25) is 0 Å². The number of allylic oxidation sites excluding steroid dienone is 1. The van der Waals surface area contributed by atoms with Crippen molar-refractivity contribution in [2.45, 2.75) is 19.4 Å². The summed E-state index contributed by atoms with van der Waals surface area (Å²) in [6.07, 6.45) is 4.03. The molecule has 25 heavy (non-hydrogen) atoms. The average Bonchev–Trinajstić information content (AvgIpc) is 3.11. The molecule has 0 bridgehead atoms. The first-order chi connectivity index (χ1) is 12.2. The first-order valence-electron chi connectivity index (χ1n) is 8.29. The summed E-state index contributed by atoms with van der Waals surface area (Å²) in [7, 11) is 5.52. The predicted octanol–water partition coefficient (Wildman–Crippen LogP) is 3.79. The first kappa shape index (κ1) is 19.0. The minimum atomic E-state index is 0.658. The van der Waals surface area contributed by atoms with E-state index in [9.17, 15) is 0 Å². The van der Waals surface area contributed by atoms with E-state index in [4.69, 9.17) is 9.72 Å². The topological polar surface area (TPSA) is 49.8 Å². The van der Waals surface area contributed by atoms with Crippen molar-refractivity contribution in [2.75, 3.05) is 27.7 Å². The van der Waals surface area contributed by atoms with Crippen LogP contribution in [-0.4, -0.2) is 43.6 Å². The van der Waals surface area contributed by atoms with Crippen LogP contribution in [0.5, 0.6) is 5.75 Å². The summed E-state index contributed by atoms with van der Waals surface area (Å²) in [4.78, 5) is 11.2. The van der Waals surface area contributed by atoms with Gasteiger partial charge in [-0.1, -0.05) is 6.08 Å². The molecule has 0 aliphatic carbocycles. The summed E-state index contributed by atoms with van der Waals surface area (Å²) in [5.41, 5.74) is 2.11. The van der Waals surface area contributed by atoms with E-state index in [0.29, 0.717) is 6.54 Å². The molecule has 5 nitrogen and oxygen atoms in total. The van der Waals surface area contributed by atoms with E-state index >= 15 is 0 Å². The third kappa shape index (κ3) is 5.60. The largest absolute Gasteiger partial charge is 0.497 e. The molecule has 2 aromatic rings. The molecule has 0 amide bonds. The maximum absolute atomic E-state index is 5.19. The summed E-state index contributed by atoms with van der Waals surface area (Å²) in [6.45, 7) is 5.36. The smallest absolute Gasteiger partial charge is 0.193 e. The van der Waals surface area contributed by atoms with E-state index in [0.717, 1.165) is 47.4 Å². The number of methoxy groups -OCH3 is 1. The molecular formula is C19H26N4OS. The van der Waals surface area contributed by atoms with Crippen molar-refractivity contribution < 1.29 is 4.74 Å². The quantitative estimate of drug-likeness (QED) is 0.338. The first-order valence-corrected chi connectivity index (χ1v) is 9.17. The molecule has 0 radical (unpaired) electrons. The highest BCUT2D eigenvalue weighted by Gasteiger charge is 2.08. The average molecular weight is 359 g/mol. The Hall–Kier alpha value is -2.34. The SMILES string of the molecule is C=CCCCN(C)C(=NC)NCc1csc(-c2ccc(OC)cc2)n1. The Bertz CT molecular complexity index is 694. The molecule has 0 aliphatic rings. The number of rotatable bonds is 8. The monoisotopic (exact) mass is 358 g/mol. The standard InChI is InChI=1S/C19H26N4OS/c1-5-6-7-12-23(3)19(20-2)21-13-16-14-25-18(22-16)15-8-10-17(24-4)11-9-15/h5,8-11,14H,1,6-7,12-13H2,2-4H3,(H,20,21). The second-order valence-corrected chi connectivity index (χ2v) is 6.48. The zero-order valence-electron chi connectivity index (χ0n) is 15.2. The predicted molar refractivity (Wildman–Crippen MR) is 106 cm³/mol. The molecule has 6 heteroatoms. The number of ether oxygens (including phenoxy) is 1. The van der Waals surface area contributed by atoms with Gasteiger partial charge in [0.15, 0.2) is 5.96 Å². The van der Waals surface area contributed by atoms with Crippen LogP contribution in [0.3, 0.4) is 0 Å². The lowest BCUT2D eigenvalue weighted by atomic mass is 10.2. The van der Waals surface area contributed by atoms with Crippen molar-refractivity contribution in [3.8, 4) is 16.3 Å². The van der Waals surface area contributed by atoms with Gasteiger partial charge in [-0.2, -0.15) is 0 Å². The number of benzene rings is 1. The van der Waals surface area contributed by atoms with Crippen LogP contribution in [0.15, 0.2) is 47.3 Å². The van der Waals surface area contributed by atoms with Crippen LogP contribution in [-0.2, 0) is 6.54 Å². The maximum Gasteiger partial charge on any atom is 0.193 e. The molecule has 0 saturated carbocycles. The molecule has 0 saturated heterocycles. The van der Waals surface area contributed by atoms with Gasteiger partial charge in [0.1, 0.15) is 10.8 Å². The Labute approximate surface area is 154 Å². The zero-order chi connectivity index (χ0) is 18.1. The number of guanidine groups is 1. The van der Waals surface area contributed by atoms with E-state index < -0.39 is 0 Å². The molecule has 0 atom stereocenters. The van der Waals surface area contributed by atoms with Crippen LogP contribution in [0.2, 0.25) is 0 Å². The van der Waals surface area contributed by atoms with E-state index in [2.05, 4.69) is 27.2 Å². The van der Waals surface area contributed by atoms with Gasteiger partial charge >= 0.3 is 0 Å². The normalized spacial score (nSPS) is 11.2. The van der Waals surface area contributed by atoms with E-state index in [1.54, 1.807) is 25.5 Å². The molecule has 0 aliphatic heterocycles. The third-order valence-electron chi connectivity index (χ3n) is 3.79. The van der Waals surface area contributed by atoms with Gasteiger partial charge < -0.3 is 15.0 Å². The molecule has 1 N–H and O–H groups in total. The van der Waals surface area contributed by atoms with Crippen LogP contribution in [0.4, 0.5) is 0 Å². The highest BCUT2D eigenvalue weighted by atomic mass is 32.1. The number of hydrogen-bond acceptors (Lipinski definition) is 4. The van der Waals surface area contributed by atoms with Crippen LogP contribution in [0, 0.1) is 0 Å². The van der Waals surface area contributed by atoms with Crippen molar-refractivity contribution in [2.24, 2.45) is 4.99 Å². The number of nitrogens with zero attached hydrogens (tertiary/aromatic N) is 3. The highest BCUT2D eigenvalue weighted by molar-refractivity contribution is 7.13. The Balaban J connectivity index is 1.92. The van der Waals surface area contributed by atoms with E-state index in [1.807, 2.05) is 37.4 Å². The summed E-state index contributed by atoms with van der Waals surface area (Å²) in [5.74, 6) is 1.73. The molecule has 0 unspecified atom stereocenters. The van der Waals surface area contributed by atoms with Gasteiger partial charge in [-0.25, -0.2) is 4.98 Å². The van der Waals surface area contributed by atoms with Gasteiger partial charge in [-0.15, -0.1) is 17.9 Å². The molecule has 1 aromatic heterocycles. The van der Waals surface area contributed by atoms with Crippen LogP contribution >= 0.6 is 11.3 Å². The number of hydrogen-bond donors (Lipinski definition) is 1. The Kier molecular flexibility index (Phi) is 7.47. The van der Waals surface area contributed by atoms with Crippen LogP contribution < -0.4 is 10.1 Å². The van der Waals surface area contributed by atoms with Gasteiger partial charge in [-0.3, -0.25) is 4.99 Å². The lowest BCUT2D eigenvalue weighted by Gasteiger charge is -2.21. The summed E-state index contributed by atoms with van der Waals surface area (Å²) < 4.78 is 5.19. The van der Waals surface area contributed by atoms with Crippen molar-refractivity contribution >= 4 is 17.3 Å². The Morgan fingerprint density at radius 1 is 1.40 bits per heavy atom. The molecule has 1 aromatic carbocycles. The van der Waals surface area contributed by atoms with Crippen molar-refractivity contribution in [1.29, 1.82) is 0 Å².